The first-order valence-corrected chi connectivity index (χ1v) is 8.00. The predicted molar refractivity (Wildman–Crippen MR) is 92.3 cm³/mol. The molecule has 112 valence electrons. The molecular formula is C17H17BrN4. The first-order chi connectivity index (χ1) is 10.6. The summed E-state index contributed by atoms with van der Waals surface area (Å²) in [5.74, 6) is 1.08. The lowest BCUT2D eigenvalue weighted by Crippen LogP contribution is -1.87. The summed E-state index contributed by atoms with van der Waals surface area (Å²) in [4.78, 5) is 4.71. The fourth-order valence-electron chi connectivity index (χ4n) is 2.27. The van der Waals surface area contributed by atoms with E-state index in [2.05, 4.69) is 59.1 Å². The molecule has 0 aliphatic heterocycles. The number of azo groups is 1. The van der Waals surface area contributed by atoms with E-state index in [-0.39, 0.29) is 5.92 Å². The zero-order chi connectivity index (χ0) is 15.7. The zero-order valence-corrected chi connectivity index (χ0v) is 14.4. The molecule has 2 heterocycles. The average Bonchev–Trinajstić information content (AvgIpc) is 2.84. The number of benzene rings is 1. The highest BCUT2D eigenvalue weighted by molar-refractivity contribution is 9.10. The van der Waals surface area contributed by atoms with Crippen molar-refractivity contribution in [3.05, 3.63) is 58.3 Å². The summed E-state index contributed by atoms with van der Waals surface area (Å²) in [5.41, 5.74) is 3.85. The molecule has 3 rings (SSSR count). The largest absolute Gasteiger partial charge is 0.283 e. The van der Waals surface area contributed by atoms with E-state index in [1.807, 2.05) is 34.9 Å². The monoisotopic (exact) mass is 356 g/mol. The molecule has 3 aromatic rings. The fraction of sp³-hybridized carbons (Fsp3) is 0.235. The van der Waals surface area contributed by atoms with Crippen LogP contribution in [0.25, 0.3) is 5.65 Å². The molecule has 0 saturated heterocycles. The summed E-state index contributed by atoms with van der Waals surface area (Å²) >= 11 is 3.49. The molecule has 5 heteroatoms. The quantitative estimate of drug-likeness (QED) is 0.535. The molecule has 2 aromatic heterocycles. The molecule has 0 saturated carbocycles. The normalized spacial score (nSPS) is 11.9. The van der Waals surface area contributed by atoms with Gasteiger partial charge >= 0.3 is 0 Å². The number of pyridine rings is 1. The van der Waals surface area contributed by atoms with Crippen molar-refractivity contribution >= 4 is 33.1 Å². The highest BCUT2D eigenvalue weighted by atomic mass is 79.9. The van der Waals surface area contributed by atoms with E-state index in [0.717, 1.165) is 27.3 Å². The van der Waals surface area contributed by atoms with Gasteiger partial charge in [-0.05, 0) is 58.6 Å². The van der Waals surface area contributed by atoms with Crippen LogP contribution in [0.15, 0.2) is 57.3 Å². The van der Waals surface area contributed by atoms with Crippen LogP contribution in [-0.2, 0) is 0 Å². The van der Waals surface area contributed by atoms with Gasteiger partial charge in [-0.1, -0.05) is 26.0 Å². The van der Waals surface area contributed by atoms with Crippen LogP contribution >= 0.6 is 15.9 Å². The van der Waals surface area contributed by atoms with E-state index < -0.39 is 0 Å². The van der Waals surface area contributed by atoms with Crippen molar-refractivity contribution < 1.29 is 0 Å². The van der Waals surface area contributed by atoms with Crippen molar-refractivity contribution in [3.8, 4) is 0 Å². The number of rotatable bonds is 3. The third-order valence-electron chi connectivity index (χ3n) is 3.43. The van der Waals surface area contributed by atoms with Crippen molar-refractivity contribution in [1.82, 2.24) is 9.38 Å². The van der Waals surface area contributed by atoms with Gasteiger partial charge in [0.2, 0.25) is 0 Å². The number of fused-ring (bicyclic) bond motifs is 1. The Morgan fingerprint density at radius 1 is 1.14 bits per heavy atom. The number of nitrogens with zero attached hydrogens (tertiary/aromatic N) is 4. The maximum Gasteiger partial charge on any atom is 0.183 e. The second kappa shape index (κ2) is 6.01. The van der Waals surface area contributed by atoms with Crippen LogP contribution in [-0.4, -0.2) is 9.38 Å². The second-order valence-electron chi connectivity index (χ2n) is 5.56. The summed E-state index contributed by atoms with van der Waals surface area (Å²) in [6.07, 6.45) is 2.00. The summed E-state index contributed by atoms with van der Waals surface area (Å²) < 4.78 is 2.91. The number of hydrogen-bond donors (Lipinski definition) is 0. The fourth-order valence-corrected chi connectivity index (χ4v) is 2.64. The van der Waals surface area contributed by atoms with Crippen LogP contribution in [0.4, 0.5) is 11.5 Å². The molecule has 0 radical (unpaired) electrons. The predicted octanol–water partition coefficient (Wildman–Crippen LogP) is 5.94. The second-order valence-corrected chi connectivity index (χ2v) is 6.41. The lowest BCUT2D eigenvalue weighted by Gasteiger charge is -2.02. The first kappa shape index (κ1) is 14.9. The first-order valence-electron chi connectivity index (χ1n) is 7.21. The number of halogens is 1. The van der Waals surface area contributed by atoms with Gasteiger partial charge in [-0.15, -0.1) is 10.2 Å². The zero-order valence-electron chi connectivity index (χ0n) is 12.8. The summed E-state index contributed by atoms with van der Waals surface area (Å²) in [7, 11) is 0. The van der Waals surface area contributed by atoms with E-state index in [0.29, 0.717) is 0 Å². The Balaban J connectivity index is 2.13. The third kappa shape index (κ3) is 2.81. The average molecular weight is 357 g/mol. The van der Waals surface area contributed by atoms with Gasteiger partial charge in [0.15, 0.2) is 5.82 Å². The topological polar surface area (TPSA) is 42.0 Å². The minimum absolute atomic E-state index is 0.286. The molecule has 0 bridgehead atoms. The van der Waals surface area contributed by atoms with Crippen LogP contribution in [0.1, 0.15) is 31.0 Å². The van der Waals surface area contributed by atoms with Gasteiger partial charge < -0.3 is 0 Å². The third-order valence-corrected chi connectivity index (χ3v) is 4.10. The van der Waals surface area contributed by atoms with E-state index in [1.165, 1.54) is 5.56 Å². The summed E-state index contributed by atoms with van der Waals surface area (Å²) in [5, 5.41) is 8.85. The molecule has 0 aliphatic carbocycles. The van der Waals surface area contributed by atoms with Gasteiger partial charge in [-0.3, -0.25) is 4.40 Å². The molecular weight excluding hydrogens is 340 g/mol. The minimum atomic E-state index is 0.286. The van der Waals surface area contributed by atoms with Crippen molar-refractivity contribution in [2.75, 3.05) is 0 Å². The standard InChI is InChI=1S/C17H17BrN4/c1-11(2)16-17(21-20-14-7-5-4-6-13(14)18)22-9-8-12(3)10-15(22)19-16/h4-11H,1-3H3. The molecule has 0 fully saturated rings. The van der Waals surface area contributed by atoms with Crippen molar-refractivity contribution in [2.24, 2.45) is 10.2 Å². The Hall–Kier alpha value is -2.01. The van der Waals surface area contributed by atoms with Gasteiger partial charge in [-0.25, -0.2) is 4.98 Å². The number of imidazole rings is 1. The van der Waals surface area contributed by atoms with Crippen molar-refractivity contribution in [2.45, 2.75) is 26.7 Å². The maximum atomic E-state index is 4.71. The van der Waals surface area contributed by atoms with E-state index in [4.69, 9.17) is 4.98 Å². The van der Waals surface area contributed by atoms with Crippen LogP contribution in [0.2, 0.25) is 0 Å². The number of aromatic nitrogens is 2. The van der Waals surface area contributed by atoms with Gasteiger partial charge in [0, 0.05) is 10.7 Å². The molecule has 22 heavy (non-hydrogen) atoms. The lowest BCUT2D eigenvalue weighted by atomic mass is 10.1. The molecule has 0 N–H and O–H groups in total. The van der Waals surface area contributed by atoms with Gasteiger partial charge in [0.1, 0.15) is 5.65 Å². The Morgan fingerprint density at radius 2 is 1.91 bits per heavy atom. The molecule has 4 nitrogen and oxygen atoms in total. The highest BCUT2D eigenvalue weighted by Crippen LogP contribution is 2.31. The Morgan fingerprint density at radius 3 is 2.64 bits per heavy atom. The van der Waals surface area contributed by atoms with Crippen LogP contribution in [0.3, 0.4) is 0 Å². The molecule has 1 aromatic carbocycles. The number of hydrogen-bond acceptors (Lipinski definition) is 3. The van der Waals surface area contributed by atoms with Crippen LogP contribution in [0.5, 0.6) is 0 Å². The molecule has 0 spiro atoms. The molecule has 0 unspecified atom stereocenters. The van der Waals surface area contributed by atoms with Crippen molar-refractivity contribution in [3.63, 3.8) is 0 Å². The van der Waals surface area contributed by atoms with E-state index >= 15 is 0 Å². The smallest absolute Gasteiger partial charge is 0.183 e. The summed E-state index contributed by atoms with van der Waals surface area (Å²) in [6, 6.07) is 11.9. The highest BCUT2D eigenvalue weighted by Gasteiger charge is 2.15. The van der Waals surface area contributed by atoms with Gasteiger partial charge in [-0.2, -0.15) is 0 Å². The lowest BCUT2D eigenvalue weighted by molar-refractivity contribution is 0.831. The maximum absolute atomic E-state index is 4.71. The summed E-state index contributed by atoms with van der Waals surface area (Å²) in [6.45, 7) is 6.30. The molecule has 0 amide bonds. The van der Waals surface area contributed by atoms with E-state index in [1.54, 1.807) is 0 Å². The Kier molecular flexibility index (Phi) is 4.07. The van der Waals surface area contributed by atoms with E-state index in [9.17, 15) is 0 Å². The van der Waals surface area contributed by atoms with Gasteiger partial charge in [0.05, 0.1) is 11.4 Å². The Bertz CT molecular complexity index is 849. The van der Waals surface area contributed by atoms with Gasteiger partial charge in [0.25, 0.3) is 0 Å². The van der Waals surface area contributed by atoms with Crippen molar-refractivity contribution in [1.29, 1.82) is 0 Å². The van der Waals surface area contributed by atoms with Crippen LogP contribution < -0.4 is 0 Å². The molecule has 0 aliphatic rings. The minimum Gasteiger partial charge on any atom is -0.283 e. The Labute approximate surface area is 138 Å². The molecule has 0 atom stereocenters. The number of aryl methyl sites for hydroxylation is 1. The van der Waals surface area contributed by atoms with Crippen LogP contribution in [0, 0.1) is 6.92 Å². The SMILES string of the molecule is Cc1ccn2c(N=Nc3ccccc3Br)c(C(C)C)nc2c1.